The largest absolute Gasteiger partial charge is 0.356 e. The highest BCUT2D eigenvalue weighted by Crippen LogP contribution is 2.18. The summed E-state index contributed by atoms with van der Waals surface area (Å²) >= 11 is 0. The van der Waals surface area contributed by atoms with Crippen molar-refractivity contribution in [1.82, 2.24) is 30.3 Å². The highest BCUT2D eigenvalue weighted by Gasteiger charge is 2.17. The van der Waals surface area contributed by atoms with Gasteiger partial charge in [-0.05, 0) is 39.4 Å². The fourth-order valence-electron chi connectivity index (χ4n) is 3.61. The molecule has 3 rings (SSSR count). The zero-order valence-corrected chi connectivity index (χ0v) is 20.9. The van der Waals surface area contributed by atoms with Crippen molar-refractivity contribution < 1.29 is 0 Å². The quantitative estimate of drug-likeness (QED) is 0.249. The number of guanidine groups is 1. The second kappa shape index (κ2) is 12.1. The van der Waals surface area contributed by atoms with E-state index >= 15 is 0 Å². The lowest BCUT2D eigenvalue weighted by Gasteiger charge is -2.34. The van der Waals surface area contributed by atoms with Crippen LogP contribution in [0.5, 0.6) is 0 Å². The van der Waals surface area contributed by atoms with Gasteiger partial charge < -0.3 is 20.4 Å². The number of piperazine rings is 1. The lowest BCUT2D eigenvalue weighted by molar-refractivity contribution is 0.312. The Balaban J connectivity index is 0.00000320. The van der Waals surface area contributed by atoms with Crippen LogP contribution in [0.2, 0.25) is 0 Å². The van der Waals surface area contributed by atoms with Crippen LogP contribution >= 0.6 is 24.0 Å². The highest BCUT2D eigenvalue weighted by molar-refractivity contribution is 14.0. The van der Waals surface area contributed by atoms with Crippen LogP contribution in [0.1, 0.15) is 23.4 Å². The van der Waals surface area contributed by atoms with Crippen LogP contribution in [0.4, 0.5) is 5.82 Å². The van der Waals surface area contributed by atoms with Crippen molar-refractivity contribution >= 4 is 35.8 Å². The molecule has 0 radical (unpaired) electrons. The van der Waals surface area contributed by atoms with E-state index in [1.165, 1.54) is 11.3 Å². The van der Waals surface area contributed by atoms with Crippen molar-refractivity contribution in [3.8, 4) is 0 Å². The molecule has 2 aromatic rings. The Bertz CT molecular complexity index is 811. The Morgan fingerprint density at radius 2 is 1.93 bits per heavy atom. The fraction of sp³-hybridized carbons (Fsp3) is 0.571. The van der Waals surface area contributed by atoms with Gasteiger partial charge in [0.05, 0.1) is 5.69 Å². The van der Waals surface area contributed by atoms with Crippen LogP contribution in [-0.4, -0.2) is 72.4 Å². The molecule has 30 heavy (non-hydrogen) atoms. The van der Waals surface area contributed by atoms with Gasteiger partial charge in [0, 0.05) is 70.3 Å². The molecule has 0 saturated carbocycles. The predicted octanol–water partition coefficient (Wildman–Crippen LogP) is 2.02. The van der Waals surface area contributed by atoms with Crippen molar-refractivity contribution in [1.29, 1.82) is 0 Å². The highest BCUT2D eigenvalue weighted by atomic mass is 127. The maximum absolute atomic E-state index is 4.65. The molecule has 0 aliphatic carbocycles. The van der Waals surface area contributed by atoms with Crippen molar-refractivity contribution in [2.24, 2.45) is 4.99 Å². The van der Waals surface area contributed by atoms with Gasteiger partial charge in [0.25, 0.3) is 0 Å². The number of aliphatic imine (C=N–C) groups is 1. The number of aryl methyl sites for hydroxylation is 3. The molecule has 3 heterocycles. The average Bonchev–Trinajstić information content (AvgIpc) is 3.05. The summed E-state index contributed by atoms with van der Waals surface area (Å²) in [5.74, 6) is 1.89. The van der Waals surface area contributed by atoms with Gasteiger partial charge in [-0.15, -0.1) is 24.0 Å². The molecule has 2 N–H and O–H groups in total. The molecule has 2 aromatic heterocycles. The van der Waals surface area contributed by atoms with Gasteiger partial charge in [0.15, 0.2) is 5.96 Å². The summed E-state index contributed by atoms with van der Waals surface area (Å²) in [6.45, 7) is 10.7. The van der Waals surface area contributed by atoms with E-state index in [4.69, 9.17) is 0 Å². The standard InChI is InChI=1S/C21H34N8.HI/c1-17-15-18(2)29(26-17)10-6-9-24-21(22-3)25-16-19-7-5-8-23-20(19)28-13-11-27(4)12-14-28;/h5,7-8,15H,6,9-14,16H2,1-4H3,(H2,22,24,25);1H. The predicted molar refractivity (Wildman–Crippen MR) is 134 cm³/mol. The first kappa shape index (κ1) is 24.4. The van der Waals surface area contributed by atoms with Crippen LogP contribution in [0.25, 0.3) is 0 Å². The zero-order valence-electron chi connectivity index (χ0n) is 18.6. The normalized spacial score (nSPS) is 15.1. The zero-order chi connectivity index (χ0) is 20.6. The molecule has 0 amide bonds. The number of rotatable bonds is 7. The van der Waals surface area contributed by atoms with Crippen molar-refractivity contribution in [2.75, 3.05) is 51.7 Å². The van der Waals surface area contributed by atoms with E-state index in [1.54, 1.807) is 7.05 Å². The Kier molecular flexibility index (Phi) is 9.83. The number of aromatic nitrogens is 3. The van der Waals surface area contributed by atoms with Gasteiger partial charge in [-0.25, -0.2) is 4.98 Å². The lowest BCUT2D eigenvalue weighted by Crippen LogP contribution is -2.45. The number of hydrogen-bond acceptors (Lipinski definition) is 5. The average molecular weight is 526 g/mol. The molecule has 0 unspecified atom stereocenters. The molecule has 1 fully saturated rings. The number of hydrogen-bond donors (Lipinski definition) is 2. The first-order valence-electron chi connectivity index (χ1n) is 10.4. The minimum atomic E-state index is 0. The Labute approximate surface area is 197 Å². The molecule has 0 spiro atoms. The monoisotopic (exact) mass is 526 g/mol. The molecule has 9 heteroatoms. The van der Waals surface area contributed by atoms with Gasteiger partial charge in [-0.1, -0.05) is 6.07 Å². The fourth-order valence-corrected chi connectivity index (χ4v) is 3.61. The second-order valence-electron chi connectivity index (χ2n) is 7.63. The SMILES string of the molecule is CN=C(NCCCn1nc(C)cc1C)NCc1cccnc1N1CCN(C)CC1.I. The third kappa shape index (κ3) is 6.83. The van der Waals surface area contributed by atoms with E-state index in [0.29, 0.717) is 6.54 Å². The number of likely N-dealkylation sites (N-methyl/N-ethyl adjacent to an activating group) is 1. The van der Waals surface area contributed by atoms with E-state index in [1.807, 2.05) is 19.2 Å². The molecule has 0 aromatic carbocycles. The van der Waals surface area contributed by atoms with Gasteiger partial charge >= 0.3 is 0 Å². The molecule has 0 bridgehead atoms. The lowest BCUT2D eigenvalue weighted by atomic mass is 10.2. The summed E-state index contributed by atoms with van der Waals surface area (Å²) in [5.41, 5.74) is 3.47. The summed E-state index contributed by atoms with van der Waals surface area (Å²) in [6, 6.07) is 6.25. The van der Waals surface area contributed by atoms with E-state index < -0.39 is 0 Å². The smallest absolute Gasteiger partial charge is 0.191 e. The van der Waals surface area contributed by atoms with Crippen LogP contribution in [0.3, 0.4) is 0 Å². The van der Waals surface area contributed by atoms with Crippen molar-refractivity contribution in [3.05, 3.63) is 41.3 Å². The summed E-state index contributed by atoms with van der Waals surface area (Å²) in [6.07, 6.45) is 2.87. The van der Waals surface area contributed by atoms with E-state index in [2.05, 4.69) is 66.3 Å². The third-order valence-corrected chi connectivity index (χ3v) is 5.28. The van der Waals surface area contributed by atoms with Crippen LogP contribution in [0.15, 0.2) is 29.4 Å². The minimum absolute atomic E-state index is 0. The first-order chi connectivity index (χ1) is 14.1. The summed E-state index contributed by atoms with van der Waals surface area (Å²) in [4.78, 5) is 13.7. The number of anilines is 1. The van der Waals surface area contributed by atoms with Crippen LogP contribution < -0.4 is 15.5 Å². The Morgan fingerprint density at radius 3 is 2.60 bits per heavy atom. The van der Waals surface area contributed by atoms with E-state index in [-0.39, 0.29) is 24.0 Å². The first-order valence-corrected chi connectivity index (χ1v) is 10.4. The molecule has 1 aliphatic heterocycles. The molecule has 0 atom stereocenters. The molecule has 1 aliphatic rings. The van der Waals surface area contributed by atoms with E-state index in [0.717, 1.165) is 63.2 Å². The van der Waals surface area contributed by atoms with Crippen molar-refractivity contribution in [3.63, 3.8) is 0 Å². The van der Waals surface area contributed by atoms with E-state index in [9.17, 15) is 0 Å². The van der Waals surface area contributed by atoms with Crippen molar-refractivity contribution in [2.45, 2.75) is 33.4 Å². The molecule has 166 valence electrons. The number of nitrogens with zero attached hydrogens (tertiary/aromatic N) is 6. The number of pyridine rings is 1. The van der Waals surface area contributed by atoms with Crippen LogP contribution in [-0.2, 0) is 13.1 Å². The Morgan fingerprint density at radius 1 is 1.17 bits per heavy atom. The molecule has 8 nitrogen and oxygen atoms in total. The molecular formula is C21H35IN8. The molecular weight excluding hydrogens is 491 g/mol. The summed E-state index contributed by atoms with van der Waals surface area (Å²) in [5, 5.41) is 11.3. The topological polar surface area (TPSA) is 73.6 Å². The maximum Gasteiger partial charge on any atom is 0.191 e. The van der Waals surface area contributed by atoms with Gasteiger partial charge in [0.1, 0.15) is 5.82 Å². The Hall–Kier alpha value is -1.88. The third-order valence-electron chi connectivity index (χ3n) is 5.28. The summed E-state index contributed by atoms with van der Waals surface area (Å²) < 4.78 is 2.06. The van der Waals surface area contributed by atoms with Gasteiger partial charge in [0.2, 0.25) is 0 Å². The summed E-state index contributed by atoms with van der Waals surface area (Å²) in [7, 11) is 3.98. The number of nitrogens with one attached hydrogen (secondary N) is 2. The van der Waals surface area contributed by atoms with Gasteiger partial charge in [-0.3, -0.25) is 9.67 Å². The number of halogens is 1. The maximum atomic E-state index is 4.65. The molecule has 1 saturated heterocycles. The second-order valence-corrected chi connectivity index (χ2v) is 7.63. The minimum Gasteiger partial charge on any atom is -0.356 e. The van der Waals surface area contributed by atoms with Crippen LogP contribution in [0, 0.1) is 13.8 Å². The van der Waals surface area contributed by atoms with Gasteiger partial charge in [-0.2, -0.15) is 5.10 Å².